The summed E-state index contributed by atoms with van der Waals surface area (Å²) >= 11 is 0. The van der Waals surface area contributed by atoms with Crippen LogP contribution in [0, 0.1) is 0 Å². The first-order valence-electron chi connectivity index (χ1n) is 6.82. The summed E-state index contributed by atoms with van der Waals surface area (Å²) in [7, 11) is 1.73. The van der Waals surface area contributed by atoms with E-state index >= 15 is 0 Å². The van der Waals surface area contributed by atoms with Gasteiger partial charge in [0.05, 0.1) is 6.61 Å². The lowest BCUT2D eigenvalue weighted by Crippen LogP contribution is -2.55. The van der Waals surface area contributed by atoms with Crippen LogP contribution in [-0.4, -0.2) is 63.5 Å². The van der Waals surface area contributed by atoms with Gasteiger partial charge >= 0.3 is 0 Å². The minimum absolute atomic E-state index is 0.603. The Labute approximate surface area is 106 Å². The summed E-state index contributed by atoms with van der Waals surface area (Å²) < 4.78 is 10.6. The molecule has 4 nitrogen and oxygen atoms in total. The van der Waals surface area contributed by atoms with Gasteiger partial charge in [0.25, 0.3) is 0 Å². The van der Waals surface area contributed by atoms with Crippen LogP contribution < -0.4 is 5.32 Å². The van der Waals surface area contributed by atoms with Crippen LogP contribution in [0.5, 0.6) is 0 Å². The van der Waals surface area contributed by atoms with E-state index in [2.05, 4.69) is 24.1 Å². The molecule has 17 heavy (non-hydrogen) atoms. The Hall–Kier alpha value is -0.160. The number of ether oxygens (including phenoxy) is 2. The largest absolute Gasteiger partial charge is 0.385 e. The van der Waals surface area contributed by atoms with E-state index < -0.39 is 0 Å². The first kappa shape index (κ1) is 14.9. The molecule has 0 aromatic heterocycles. The third kappa shape index (κ3) is 5.82. The van der Waals surface area contributed by atoms with Gasteiger partial charge in [-0.15, -0.1) is 0 Å². The number of nitrogens with zero attached hydrogens (tertiary/aromatic N) is 1. The van der Waals surface area contributed by atoms with Crippen molar-refractivity contribution in [1.82, 2.24) is 10.2 Å². The first-order valence-corrected chi connectivity index (χ1v) is 6.82. The average molecular weight is 244 g/mol. The van der Waals surface area contributed by atoms with E-state index in [4.69, 9.17) is 9.47 Å². The molecule has 0 amide bonds. The van der Waals surface area contributed by atoms with E-state index in [1.165, 1.54) is 6.42 Å². The van der Waals surface area contributed by atoms with Gasteiger partial charge in [-0.1, -0.05) is 6.92 Å². The maximum absolute atomic E-state index is 5.62. The third-order valence-corrected chi connectivity index (χ3v) is 3.36. The van der Waals surface area contributed by atoms with Crippen LogP contribution in [0.4, 0.5) is 0 Å². The molecule has 2 atom stereocenters. The highest BCUT2D eigenvalue weighted by molar-refractivity contribution is 4.82. The molecule has 4 heteroatoms. The SMILES string of the molecule is CCC1CNC(C)CN1CCOCCCOC. The zero-order valence-corrected chi connectivity index (χ0v) is 11.6. The predicted octanol–water partition coefficient (Wildman–Crippen LogP) is 1.11. The van der Waals surface area contributed by atoms with Gasteiger partial charge in [-0.25, -0.2) is 0 Å². The predicted molar refractivity (Wildman–Crippen MR) is 70.4 cm³/mol. The standard InChI is InChI=1S/C13H28N2O2/c1-4-13-10-14-12(2)11-15(13)6-9-17-8-5-7-16-3/h12-14H,4-11H2,1-3H3. The van der Waals surface area contributed by atoms with E-state index in [9.17, 15) is 0 Å². The van der Waals surface area contributed by atoms with Crippen molar-refractivity contribution in [2.24, 2.45) is 0 Å². The molecule has 0 aromatic rings. The Morgan fingerprint density at radius 1 is 1.29 bits per heavy atom. The Morgan fingerprint density at radius 2 is 2.12 bits per heavy atom. The van der Waals surface area contributed by atoms with Crippen LogP contribution in [0.2, 0.25) is 0 Å². The fourth-order valence-corrected chi connectivity index (χ4v) is 2.30. The second-order valence-corrected chi connectivity index (χ2v) is 4.83. The molecule has 1 fully saturated rings. The number of hydrogen-bond donors (Lipinski definition) is 1. The summed E-state index contributed by atoms with van der Waals surface area (Å²) in [5, 5.41) is 3.53. The van der Waals surface area contributed by atoms with Crippen LogP contribution in [-0.2, 0) is 9.47 Å². The first-order chi connectivity index (χ1) is 8.27. The fourth-order valence-electron chi connectivity index (χ4n) is 2.30. The number of hydrogen-bond acceptors (Lipinski definition) is 4. The minimum atomic E-state index is 0.603. The van der Waals surface area contributed by atoms with Gasteiger partial charge in [0.1, 0.15) is 0 Å². The zero-order valence-electron chi connectivity index (χ0n) is 11.6. The lowest BCUT2D eigenvalue weighted by Gasteiger charge is -2.38. The molecule has 1 N–H and O–H groups in total. The molecule has 0 saturated carbocycles. The van der Waals surface area contributed by atoms with E-state index in [0.29, 0.717) is 12.1 Å². The summed E-state index contributed by atoms with van der Waals surface area (Å²) in [4.78, 5) is 2.55. The quantitative estimate of drug-likeness (QED) is 0.649. The molecule has 1 aliphatic rings. The van der Waals surface area contributed by atoms with E-state index in [1.54, 1.807) is 7.11 Å². The van der Waals surface area contributed by atoms with Gasteiger partial charge in [-0.3, -0.25) is 4.90 Å². The average Bonchev–Trinajstić information content (AvgIpc) is 2.34. The van der Waals surface area contributed by atoms with E-state index in [-0.39, 0.29) is 0 Å². The Balaban J connectivity index is 2.10. The lowest BCUT2D eigenvalue weighted by atomic mass is 10.1. The molecule has 1 saturated heterocycles. The lowest BCUT2D eigenvalue weighted by molar-refractivity contribution is 0.0570. The van der Waals surface area contributed by atoms with Gasteiger partial charge in [-0.05, 0) is 19.8 Å². The van der Waals surface area contributed by atoms with Crippen molar-refractivity contribution in [3.63, 3.8) is 0 Å². The van der Waals surface area contributed by atoms with Crippen molar-refractivity contribution < 1.29 is 9.47 Å². The van der Waals surface area contributed by atoms with Gasteiger partial charge < -0.3 is 14.8 Å². The molecule has 102 valence electrons. The van der Waals surface area contributed by atoms with Gasteiger partial charge in [0, 0.05) is 52.0 Å². The number of nitrogens with one attached hydrogen (secondary N) is 1. The highest BCUT2D eigenvalue weighted by Crippen LogP contribution is 2.09. The van der Waals surface area contributed by atoms with Crippen LogP contribution in [0.3, 0.4) is 0 Å². The van der Waals surface area contributed by atoms with Crippen LogP contribution in [0.1, 0.15) is 26.7 Å². The summed E-state index contributed by atoms with van der Waals surface area (Å²) in [6.07, 6.45) is 2.20. The zero-order chi connectivity index (χ0) is 12.5. The molecule has 0 aliphatic carbocycles. The van der Waals surface area contributed by atoms with Crippen molar-refractivity contribution in [3.8, 4) is 0 Å². The van der Waals surface area contributed by atoms with Crippen LogP contribution in [0.25, 0.3) is 0 Å². The van der Waals surface area contributed by atoms with Gasteiger partial charge in [0.15, 0.2) is 0 Å². The molecule has 0 radical (unpaired) electrons. The maximum Gasteiger partial charge on any atom is 0.0593 e. The van der Waals surface area contributed by atoms with Crippen molar-refractivity contribution in [2.75, 3.05) is 46.6 Å². The number of rotatable bonds is 8. The molecule has 0 spiro atoms. The summed E-state index contributed by atoms with van der Waals surface area (Å²) in [5.74, 6) is 0. The smallest absolute Gasteiger partial charge is 0.0593 e. The molecule has 0 aromatic carbocycles. The molecule has 2 unspecified atom stereocenters. The second kappa shape index (κ2) is 8.86. The fraction of sp³-hybridized carbons (Fsp3) is 1.00. The van der Waals surface area contributed by atoms with Crippen molar-refractivity contribution in [2.45, 2.75) is 38.8 Å². The number of piperazine rings is 1. The Kier molecular flexibility index (Phi) is 7.77. The minimum Gasteiger partial charge on any atom is -0.385 e. The highest BCUT2D eigenvalue weighted by Gasteiger charge is 2.23. The molecule has 1 rings (SSSR count). The summed E-state index contributed by atoms with van der Waals surface area (Å²) in [5.41, 5.74) is 0. The number of methoxy groups -OCH3 is 1. The molecule has 0 bridgehead atoms. The van der Waals surface area contributed by atoms with E-state index in [0.717, 1.165) is 45.9 Å². The third-order valence-electron chi connectivity index (χ3n) is 3.36. The summed E-state index contributed by atoms with van der Waals surface area (Å²) in [6.45, 7) is 10.3. The van der Waals surface area contributed by atoms with Crippen molar-refractivity contribution >= 4 is 0 Å². The highest BCUT2D eigenvalue weighted by atomic mass is 16.5. The molecule has 1 aliphatic heterocycles. The van der Waals surface area contributed by atoms with E-state index in [1.807, 2.05) is 0 Å². The van der Waals surface area contributed by atoms with Crippen molar-refractivity contribution in [3.05, 3.63) is 0 Å². The monoisotopic (exact) mass is 244 g/mol. The van der Waals surface area contributed by atoms with Crippen molar-refractivity contribution in [1.29, 1.82) is 0 Å². The maximum atomic E-state index is 5.62. The topological polar surface area (TPSA) is 33.7 Å². The Morgan fingerprint density at radius 3 is 2.82 bits per heavy atom. The second-order valence-electron chi connectivity index (χ2n) is 4.83. The summed E-state index contributed by atoms with van der Waals surface area (Å²) in [6, 6.07) is 1.28. The molecular weight excluding hydrogens is 216 g/mol. The normalized spacial score (nSPS) is 26.3. The molecular formula is C13H28N2O2. The Bertz CT molecular complexity index is 190. The van der Waals surface area contributed by atoms with Gasteiger partial charge in [-0.2, -0.15) is 0 Å². The van der Waals surface area contributed by atoms with Gasteiger partial charge in [0.2, 0.25) is 0 Å². The van der Waals surface area contributed by atoms with Crippen LogP contribution >= 0.6 is 0 Å². The molecule has 1 heterocycles. The van der Waals surface area contributed by atoms with Crippen LogP contribution in [0.15, 0.2) is 0 Å².